The molecule has 0 saturated carbocycles. The van der Waals surface area contributed by atoms with Crippen molar-refractivity contribution in [1.29, 1.82) is 0 Å². The molecule has 11 nitrogen and oxygen atoms in total. The lowest BCUT2D eigenvalue weighted by atomic mass is 9.74. The van der Waals surface area contributed by atoms with Gasteiger partial charge in [-0.1, -0.05) is 6.92 Å². The predicted octanol–water partition coefficient (Wildman–Crippen LogP) is -0.796. The first-order chi connectivity index (χ1) is 14.4. The molecule has 2 aliphatic rings. The number of hydrogen-bond acceptors (Lipinski definition) is 10. The van der Waals surface area contributed by atoms with Crippen LogP contribution in [0.5, 0.6) is 0 Å². The fourth-order valence-corrected chi connectivity index (χ4v) is 5.89. The first-order valence-corrected chi connectivity index (χ1v) is 12.5. The smallest absolute Gasteiger partial charge is 0.271 e. The van der Waals surface area contributed by atoms with E-state index in [4.69, 9.17) is 5.73 Å². The van der Waals surface area contributed by atoms with Crippen molar-refractivity contribution in [2.45, 2.75) is 41.9 Å². The summed E-state index contributed by atoms with van der Waals surface area (Å²) < 4.78 is 54.1. The molecule has 0 bridgehead atoms. The summed E-state index contributed by atoms with van der Waals surface area (Å²) in [6.45, 7) is 1.03. The van der Waals surface area contributed by atoms with Crippen molar-refractivity contribution in [3.8, 4) is 0 Å². The molecule has 2 amide bonds. The Balaban J connectivity index is 2.30. The Hall–Kier alpha value is -2.19. The van der Waals surface area contributed by atoms with E-state index in [-0.39, 0.29) is 29.5 Å². The number of aliphatic hydroxyl groups is 1. The van der Waals surface area contributed by atoms with E-state index in [0.29, 0.717) is 4.90 Å². The van der Waals surface area contributed by atoms with Gasteiger partial charge in [0.05, 0.1) is 24.5 Å². The SMILES string of the molecule is CCC(=O)CN1C(=O)c2cc(S(=O)(=O)CO)cc3c2C(CC(S(=O)(=O)OC)C3N)C1=O. The Morgan fingerprint density at radius 2 is 1.90 bits per heavy atom. The second-order valence-corrected chi connectivity index (χ2v) is 11.2. The summed E-state index contributed by atoms with van der Waals surface area (Å²) >= 11 is 0. The van der Waals surface area contributed by atoms with Crippen molar-refractivity contribution in [1.82, 2.24) is 4.90 Å². The summed E-state index contributed by atoms with van der Waals surface area (Å²) in [4.78, 5) is 38.3. The van der Waals surface area contributed by atoms with Crippen molar-refractivity contribution in [2.75, 3.05) is 19.6 Å². The number of nitrogens with two attached hydrogens (primary N) is 1. The molecule has 3 unspecified atom stereocenters. The summed E-state index contributed by atoms with van der Waals surface area (Å²) in [5.41, 5.74) is 6.11. The van der Waals surface area contributed by atoms with E-state index in [1.54, 1.807) is 6.92 Å². The average molecular weight is 475 g/mol. The monoisotopic (exact) mass is 474 g/mol. The molecule has 3 rings (SSSR count). The molecule has 0 saturated heterocycles. The second-order valence-electron chi connectivity index (χ2n) is 7.35. The lowest BCUT2D eigenvalue weighted by molar-refractivity contribution is -0.134. The Morgan fingerprint density at radius 3 is 2.45 bits per heavy atom. The minimum Gasteiger partial charge on any atom is -0.380 e. The largest absolute Gasteiger partial charge is 0.380 e. The zero-order chi connectivity index (χ0) is 23.3. The van der Waals surface area contributed by atoms with Crippen molar-refractivity contribution in [2.24, 2.45) is 5.73 Å². The molecule has 0 fully saturated rings. The third-order valence-electron chi connectivity index (χ3n) is 5.66. The van der Waals surface area contributed by atoms with Crippen LogP contribution < -0.4 is 5.73 Å². The minimum absolute atomic E-state index is 0.00503. The van der Waals surface area contributed by atoms with Crippen LogP contribution in [0.4, 0.5) is 0 Å². The standard InChI is InChI=1S/C18H22N2O9S2/c1-3-9(22)7-20-17(23)12-5-10(30(25,26)8-21)4-11-15(12)13(18(20)24)6-14(16(11)19)31(27,28)29-2/h4-5,13-14,16,21H,3,6-8,19H2,1-2H3. The molecule has 1 aromatic rings. The van der Waals surface area contributed by atoms with Gasteiger partial charge in [-0.15, -0.1) is 0 Å². The lowest BCUT2D eigenvalue weighted by Gasteiger charge is -2.40. The predicted molar refractivity (Wildman–Crippen MR) is 106 cm³/mol. The number of amides is 2. The molecule has 3 atom stereocenters. The molecule has 1 aliphatic carbocycles. The van der Waals surface area contributed by atoms with E-state index < -0.39 is 72.1 Å². The Labute approximate surface area is 179 Å². The summed E-state index contributed by atoms with van der Waals surface area (Å²) in [5, 5.41) is 7.86. The quantitative estimate of drug-likeness (QED) is 0.375. The highest BCUT2D eigenvalue weighted by atomic mass is 32.2. The maximum absolute atomic E-state index is 13.1. The molecule has 31 heavy (non-hydrogen) atoms. The van der Waals surface area contributed by atoms with Gasteiger partial charge in [-0.3, -0.25) is 23.5 Å². The van der Waals surface area contributed by atoms with Gasteiger partial charge in [-0.25, -0.2) is 8.42 Å². The Morgan fingerprint density at radius 1 is 1.26 bits per heavy atom. The van der Waals surface area contributed by atoms with Gasteiger partial charge in [0.2, 0.25) is 15.7 Å². The van der Waals surface area contributed by atoms with Crippen molar-refractivity contribution >= 4 is 37.6 Å². The molecule has 0 radical (unpaired) electrons. The third kappa shape index (κ3) is 3.80. The molecule has 13 heteroatoms. The maximum Gasteiger partial charge on any atom is 0.271 e. The molecular weight excluding hydrogens is 452 g/mol. The van der Waals surface area contributed by atoms with Crippen LogP contribution in [0.2, 0.25) is 0 Å². The van der Waals surface area contributed by atoms with E-state index in [9.17, 15) is 36.3 Å². The summed E-state index contributed by atoms with van der Waals surface area (Å²) in [6.07, 6.45) is -0.239. The van der Waals surface area contributed by atoms with Gasteiger partial charge in [0.1, 0.15) is 11.2 Å². The van der Waals surface area contributed by atoms with Crippen LogP contribution >= 0.6 is 0 Å². The van der Waals surface area contributed by atoms with Crippen LogP contribution in [0.3, 0.4) is 0 Å². The number of Topliss-reactive ketones (excluding diaryl/α,β-unsaturated/α-hetero) is 1. The van der Waals surface area contributed by atoms with E-state index in [1.807, 2.05) is 0 Å². The van der Waals surface area contributed by atoms with Crippen molar-refractivity contribution in [3.05, 3.63) is 28.8 Å². The average Bonchev–Trinajstić information content (AvgIpc) is 2.74. The molecule has 1 aromatic carbocycles. The van der Waals surface area contributed by atoms with Gasteiger partial charge in [-0.05, 0) is 29.7 Å². The van der Waals surface area contributed by atoms with Crippen LogP contribution in [0.15, 0.2) is 17.0 Å². The first kappa shape index (κ1) is 23.5. The Bertz CT molecular complexity index is 1170. The van der Waals surface area contributed by atoms with Gasteiger partial charge >= 0.3 is 0 Å². The summed E-state index contributed by atoms with van der Waals surface area (Å²) in [5.74, 6) is -4.43. The molecule has 0 spiro atoms. The number of nitrogens with zero attached hydrogens (tertiary/aromatic N) is 1. The minimum atomic E-state index is -4.23. The lowest BCUT2D eigenvalue weighted by Crippen LogP contribution is -2.51. The fraction of sp³-hybridized carbons (Fsp3) is 0.500. The van der Waals surface area contributed by atoms with Crippen LogP contribution in [0.25, 0.3) is 0 Å². The number of carbonyl (C=O) groups excluding carboxylic acids is 3. The molecule has 1 heterocycles. The van der Waals surface area contributed by atoms with Gasteiger partial charge < -0.3 is 10.8 Å². The Kier molecular flexibility index (Phi) is 6.10. The van der Waals surface area contributed by atoms with Gasteiger partial charge in [-0.2, -0.15) is 8.42 Å². The fourth-order valence-electron chi connectivity index (χ4n) is 3.96. The highest BCUT2D eigenvalue weighted by Crippen LogP contribution is 2.46. The van der Waals surface area contributed by atoms with E-state index in [1.165, 1.54) is 0 Å². The van der Waals surface area contributed by atoms with E-state index in [2.05, 4.69) is 4.18 Å². The first-order valence-electron chi connectivity index (χ1n) is 9.33. The highest BCUT2D eigenvalue weighted by Gasteiger charge is 2.50. The summed E-state index contributed by atoms with van der Waals surface area (Å²) in [7, 11) is -7.51. The number of ketones is 1. The molecule has 3 N–H and O–H groups in total. The van der Waals surface area contributed by atoms with Crippen LogP contribution in [0, 0.1) is 0 Å². The van der Waals surface area contributed by atoms with Crippen molar-refractivity contribution in [3.63, 3.8) is 0 Å². The van der Waals surface area contributed by atoms with Gasteiger partial charge in [0, 0.05) is 18.0 Å². The zero-order valence-electron chi connectivity index (χ0n) is 16.8. The number of sulfone groups is 1. The maximum atomic E-state index is 13.1. The number of hydrogen-bond donors (Lipinski definition) is 2. The molecule has 170 valence electrons. The molecule has 1 aliphatic heterocycles. The van der Waals surface area contributed by atoms with E-state index in [0.717, 1.165) is 19.2 Å². The third-order valence-corrected chi connectivity index (χ3v) is 8.65. The number of rotatable bonds is 7. The van der Waals surface area contributed by atoms with Crippen LogP contribution in [0.1, 0.15) is 53.2 Å². The number of benzene rings is 1. The van der Waals surface area contributed by atoms with Crippen molar-refractivity contribution < 1.29 is 40.5 Å². The van der Waals surface area contributed by atoms with Gasteiger partial charge in [0.15, 0.2) is 5.78 Å². The summed E-state index contributed by atoms with van der Waals surface area (Å²) in [6, 6.07) is 0.813. The van der Waals surface area contributed by atoms with Crippen LogP contribution in [-0.2, 0) is 33.7 Å². The molecule has 0 aromatic heterocycles. The normalized spacial score (nSPS) is 23.6. The zero-order valence-corrected chi connectivity index (χ0v) is 18.4. The topological polar surface area (TPSA) is 178 Å². The molecular formula is C18H22N2O9S2. The van der Waals surface area contributed by atoms with Crippen LogP contribution in [-0.4, -0.2) is 69.3 Å². The second kappa shape index (κ2) is 8.06. The highest BCUT2D eigenvalue weighted by molar-refractivity contribution is 7.91. The number of imide groups is 1. The van der Waals surface area contributed by atoms with Gasteiger partial charge in [0.25, 0.3) is 16.0 Å². The number of aliphatic hydroxyl groups excluding tert-OH is 1. The van der Waals surface area contributed by atoms with E-state index >= 15 is 0 Å². The number of carbonyl (C=O) groups is 3.